The van der Waals surface area contributed by atoms with Gasteiger partial charge in [0.05, 0.1) is 4.92 Å². The van der Waals surface area contributed by atoms with Crippen LogP contribution in [0.25, 0.3) is 0 Å². The molecule has 0 bridgehead atoms. The molecule has 0 heterocycles. The molecule has 0 saturated carbocycles. The Morgan fingerprint density at radius 1 is 1.58 bits per heavy atom. The van der Waals surface area contributed by atoms with Crippen molar-refractivity contribution in [2.24, 2.45) is 0 Å². The summed E-state index contributed by atoms with van der Waals surface area (Å²) in [5.74, 6) is 0.570. The van der Waals surface area contributed by atoms with Crippen LogP contribution in [-0.4, -0.2) is 17.6 Å². The molecule has 0 spiro atoms. The van der Waals surface area contributed by atoms with Gasteiger partial charge in [-0.05, 0) is 6.07 Å². The molecule has 0 unspecified atom stereocenters. The highest BCUT2D eigenvalue weighted by Gasteiger charge is 2.12. The third kappa shape index (κ3) is 5.28. The number of benzene rings is 1. The van der Waals surface area contributed by atoms with Gasteiger partial charge in [0.15, 0.2) is 0 Å². The number of non-ortho nitro benzene ring substituents is 1. The number of nitro benzene ring substituents is 1. The zero-order valence-corrected chi connectivity index (χ0v) is 11.7. The molecule has 0 aromatic heterocycles. The van der Waals surface area contributed by atoms with E-state index >= 15 is 0 Å². The standard InChI is InChI=1S/C13H17ClN2O3/c1-9(2)15-7-11-6-12(16(17)18)4-5-13(11)19-8-10(3)14/h4-6,9,15H,3,7-8H2,1-2H3. The van der Waals surface area contributed by atoms with Crippen LogP contribution >= 0.6 is 11.6 Å². The molecule has 6 heteroatoms. The average Bonchev–Trinajstić information content (AvgIpc) is 2.33. The summed E-state index contributed by atoms with van der Waals surface area (Å²) in [4.78, 5) is 10.4. The second kappa shape index (κ2) is 7.11. The minimum Gasteiger partial charge on any atom is -0.488 e. The van der Waals surface area contributed by atoms with Gasteiger partial charge in [0.1, 0.15) is 12.4 Å². The Balaban J connectivity index is 2.93. The van der Waals surface area contributed by atoms with Crippen LogP contribution in [0.2, 0.25) is 0 Å². The largest absolute Gasteiger partial charge is 0.488 e. The van der Waals surface area contributed by atoms with Gasteiger partial charge < -0.3 is 10.1 Å². The Labute approximate surface area is 117 Å². The summed E-state index contributed by atoms with van der Waals surface area (Å²) in [6, 6.07) is 4.76. The van der Waals surface area contributed by atoms with Crippen molar-refractivity contribution in [1.82, 2.24) is 5.32 Å². The highest BCUT2D eigenvalue weighted by Crippen LogP contribution is 2.25. The van der Waals surface area contributed by atoms with Crippen LogP contribution in [-0.2, 0) is 6.54 Å². The Bertz CT molecular complexity index is 475. The van der Waals surface area contributed by atoms with Gasteiger partial charge in [0, 0.05) is 35.3 Å². The molecule has 0 fully saturated rings. The van der Waals surface area contributed by atoms with Crippen molar-refractivity contribution in [2.75, 3.05) is 6.61 Å². The summed E-state index contributed by atoms with van der Waals surface area (Å²) in [5, 5.41) is 14.4. The summed E-state index contributed by atoms with van der Waals surface area (Å²) in [6.45, 7) is 8.20. The molecule has 0 atom stereocenters. The Hall–Kier alpha value is -1.59. The lowest BCUT2D eigenvalue weighted by Gasteiger charge is -2.13. The number of halogens is 1. The van der Waals surface area contributed by atoms with Crippen molar-refractivity contribution >= 4 is 17.3 Å². The molecule has 0 amide bonds. The maximum Gasteiger partial charge on any atom is 0.270 e. The van der Waals surface area contributed by atoms with E-state index in [-0.39, 0.29) is 18.3 Å². The van der Waals surface area contributed by atoms with Gasteiger partial charge in [-0.15, -0.1) is 0 Å². The number of nitro groups is 1. The first-order chi connectivity index (χ1) is 8.90. The fourth-order valence-electron chi connectivity index (χ4n) is 1.43. The van der Waals surface area contributed by atoms with Crippen LogP contribution in [0.4, 0.5) is 5.69 Å². The topological polar surface area (TPSA) is 64.4 Å². The summed E-state index contributed by atoms with van der Waals surface area (Å²) in [5.41, 5.74) is 0.762. The number of hydrogen-bond donors (Lipinski definition) is 1. The Morgan fingerprint density at radius 3 is 2.79 bits per heavy atom. The molecule has 1 aromatic rings. The number of hydrogen-bond acceptors (Lipinski definition) is 4. The molecule has 1 rings (SSSR count). The second-order valence-corrected chi connectivity index (χ2v) is 4.93. The van der Waals surface area contributed by atoms with Gasteiger partial charge in [-0.2, -0.15) is 0 Å². The molecular weight excluding hydrogens is 268 g/mol. The summed E-state index contributed by atoms with van der Waals surface area (Å²) >= 11 is 5.65. The number of nitrogens with zero attached hydrogens (tertiary/aromatic N) is 1. The van der Waals surface area contributed by atoms with Crippen LogP contribution < -0.4 is 10.1 Å². The van der Waals surface area contributed by atoms with E-state index in [1.807, 2.05) is 13.8 Å². The zero-order chi connectivity index (χ0) is 14.4. The van der Waals surface area contributed by atoms with E-state index in [2.05, 4.69) is 11.9 Å². The van der Waals surface area contributed by atoms with Crippen molar-refractivity contribution in [3.05, 3.63) is 45.5 Å². The lowest BCUT2D eigenvalue weighted by atomic mass is 10.1. The van der Waals surface area contributed by atoms with Crippen LogP contribution in [0.15, 0.2) is 29.8 Å². The van der Waals surface area contributed by atoms with E-state index in [0.717, 1.165) is 5.56 Å². The monoisotopic (exact) mass is 284 g/mol. The van der Waals surface area contributed by atoms with Crippen LogP contribution in [0.1, 0.15) is 19.4 Å². The highest BCUT2D eigenvalue weighted by molar-refractivity contribution is 6.29. The maximum absolute atomic E-state index is 10.8. The lowest BCUT2D eigenvalue weighted by Crippen LogP contribution is -2.22. The van der Waals surface area contributed by atoms with Gasteiger partial charge in [-0.25, -0.2) is 0 Å². The van der Waals surface area contributed by atoms with Crippen LogP contribution in [0.3, 0.4) is 0 Å². The molecule has 0 radical (unpaired) electrons. The van der Waals surface area contributed by atoms with E-state index in [0.29, 0.717) is 17.3 Å². The normalized spacial score (nSPS) is 10.5. The third-order valence-corrected chi connectivity index (χ3v) is 2.45. The summed E-state index contributed by atoms with van der Waals surface area (Å²) in [7, 11) is 0. The van der Waals surface area contributed by atoms with Crippen LogP contribution in [0, 0.1) is 10.1 Å². The molecule has 0 aliphatic rings. The quantitative estimate of drug-likeness (QED) is 0.617. The number of rotatable bonds is 7. The molecule has 1 aromatic carbocycles. The molecular formula is C13H17ClN2O3. The smallest absolute Gasteiger partial charge is 0.270 e. The van der Waals surface area contributed by atoms with E-state index in [1.165, 1.54) is 12.1 Å². The van der Waals surface area contributed by atoms with Gasteiger partial charge >= 0.3 is 0 Å². The molecule has 104 valence electrons. The first kappa shape index (κ1) is 15.5. The Kier molecular flexibility index (Phi) is 5.79. The summed E-state index contributed by atoms with van der Waals surface area (Å²) < 4.78 is 5.47. The summed E-state index contributed by atoms with van der Waals surface area (Å²) in [6.07, 6.45) is 0. The molecule has 0 aliphatic heterocycles. The van der Waals surface area contributed by atoms with Crippen molar-refractivity contribution in [3.8, 4) is 5.75 Å². The van der Waals surface area contributed by atoms with Gasteiger partial charge in [-0.3, -0.25) is 10.1 Å². The predicted octanol–water partition coefficient (Wildman–Crippen LogP) is 3.22. The Morgan fingerprint density at radius 2 is 2.26 bits per heavy atom. The number of nitrogens with one attached hydrogen (secondary N) is 1. The van der Waals surface area contributed by atoms with E-state index in [4.69, 9.17) is 16.3 Å². The lowest BCUT2D eigenvalue weighted by molar-refractivity contribution is -0.384. The minimum absolute atomic E-state index is 0.0395. The van der Waals surface area contributed by atoms with E-state index in [9.17, 15) is 10.1 Å². The van der Waals surface area contributed by atoms with Crippen molar-refractivity contribution in [3.63, 3.8) is 0 Å². The minimum atomic E-state index is -0.427. The van der Waals surface area contributed by atoms with Crippen molar-refractivity contribution in [1.29, 1.82) is 0 Å². The predicted molar refractivity (Wildman–Crippen MR) is 75.6 cm³/mol. The fraction of sp³-hybridized carbons (Fsp3) is 0.385. The van der Waals surface area contributed by atoms with Crippen molar-refractivity contribution < 1.29 is 9.66 Å². The molecule has 5 nitrogen and oxygen atoms in total. The fourth-order valence-corrected chi connectivity index (χ4v) is 1.48. The van der Waals surface area contributed by atoms with Gasteiger partial charge in [-0.1, -0.05) is 32.0 Å². The van der Waals surface area contributed by atoms with Crippen LogP contribution in [0.5, 0.6) is 5.75 Å². The molecule has 0 aliphatic carbocycles. The molecule has 19 heavy (non-hydrogen) atoms. The second-order valence-electron chi connectivity index (χ2n) is 4.39. The van der Waals surface area contributed by atoms with Gasteiger partial charge in [0.25, 0.3) is 5.69 Å². The highest BCUT2D eigenvalue weighted by atomic mass is 35.5. The SMILES string of the molecule is C=C(Cl)COc1ccc([N+](=O)[O-])cc1CNC(C)C. The average molecular weight is 285 g/mol. The van der Waals surface area contributed by atoms with Crippen molar-refractivity contribution in [2.45, 2.75) is 26.4 Å². The van der Waals surface area contributed by atoms with Gasteiger partial charge in [0.2, 0.25) is 0 Å². The molecule has 1 N–H and O–H groups in total. The first-order valence-corrected chi connectivity index (χ1v) is 6.24. The van der Waals surface area contributed by atoms with E-state index in [1.54, 1.807) is 6.07 Å². The maximum atomic E-state index is 10.8. The molecule has 0 saturated heterocycles. The first-order valence-electron chi connectivity index (χ1n) is 5.87. The zero-order valence-electron chi connectivity index (χ0n) is 11.0. The number of ether oxygens (including phenoxy) is 1. The van der Waals surface area contributed by atoms with E-state index < -0.39 is 4.92 Å². The third-order valence-electron chi connectivity index (χ3n) is 2.34.